The molecule has 2 aromatic carbocycles. The first-order valence-electron chi connectivity index (χ1n) is 14.7. The molecular weight excluding hydrogens is 510 g/mol. The Morgan fingerprint density at radius 1 is 0.875 bits per heavy atom. The van der Waals surface area contributed by atoms with Crippen molar-refractivity contribution in [3.63, 3.8) is 0 Å². The van der Waals surface area contributed by atoms with E-state index in [4.69, 9.17) is 4.98 Å². The number of fused-ring (bicyclic) bond motifs is 1. The lowest BCUT2D eigenvalue weighted by molar-refractivity contribution is 0.452. The number of nitrogens with one attached hydrogen (secondary N) is 2. The average Bonchev–Trinajstić information content (AvgIpc) is 3.74. The van der Waals surface area contributed by atoms with Gasteiger partial charge in [0.2, 0.25) is 0 Å². The van der Waals surface area contributed by atoms with Crippen LogP contribution in [0.15, 0.2) is 90.8 Å². The van der Waals surface area contributed by atoms with E-state index in [1.54, 1.807) is 6.33 Å². The number of aromatic nitrogens is 3. The Hall–Kier alpha value is -3.32. The van der Waals surface area contributed by atoms with E-state index < -0.39 is 0 Å². The quantitative estimate of drug-likeness (QED) is 0.157. The summed E-state index contributed by atoms with van der Waals surface area (Å²) in [5.41, 5.74) is 6.45. The first-order valence-corrected chi connectivity index (χ1v) is 15.6. The van der Waals surface area contributed by atoms with Gasteiger partial charge in [0.1, 0.15) is 12.0 Å². The monoisotopic (exact) mass is 549 g/mol. The molecule has 1 aliphatic rings. The SMILES string of the molecule is c1ccc(CCNCCCNCC2CCC(n3cc(-c4cc(Cc5ccccc5)cs4)c4cncnc43)C2)cc1. The van der Waals surface area contributed by atoms with Gasteiger partial charge in [0.05, 0.1) is 0 Å². The zero-order valence-electron chi connectivity index (χ0n) is 23.1. The van der Waals surface area contributed by atoms with Gasteiger partial charge in [-0.2, -0.15) is 0 Å². The van der Waals surface area contributed by atoms with E-state index in [9.17, 15) is 0 Å². The maximum Gasteiger partial charge on any atom is 0.144 e. The minimum atomic E-state index is 0.501. The standard InChI is InChI=1S/C34H39N5S/c1-3-8-26(9-4-1)14-17-35-15-7-16-36-21-28-12-13-30(19-28)39-23-32(31-22-37-25-38-34(31)39)33-20-29(24-40-33)18-27-10-5-2-6-11-27/h1-6,8-11,20,22-25,28,30,35-36H,7,12-19,21H2. The number of thiophene rings is 1. The van der Waals surface area contributed by atoms with E-state index >= 15 is 0 Å². The van der Waals surface area contributed by atoms with Crippen molar-refractivity contribution in [1.82, 2.24) is 25.2 Å². The molecule has 3 heterocycles. The molecule has 0 radical (unpaired) electrons. The smallest absolute Gasteiger partial charge is 0.144 e. The lowest BCUT2D eigenvalue weighted by Gasteiger charge is -2.15. The van der Waals surface area contributed by atoms with Crippen LogP contribution in [0.4, 0.5) is 0 Å². The van der Waals surface area contributed by atoms with Gasteiger partial charge >= 0.3 is 0 Å². The van der Waals surface area contributed by atoms with Crippen molar-refractivity contribution >= 4 is 22.4 Å². The molecule has 1 saturated carbocycles. The van der Waals surface area contributed by atoms with Gasteiger partial charge in [0.15, 0.2) is 0 Å². The summed E-state index contributed by atoms with van der Waals surface area (Å²) in [6.07, 6.45) is 13.0. The predicted molar refractivity (Wildman–Crippen MR) is 167 cm³/mol. The first-order chi connectivity index (χ1) is 19.8. The summed E-state index contributed by atoms with van der Waals surface area (Å²) in [6.45, 7) is 4.30. The molecular formula is C34H39N5S. The summed E-state index contributed by atoms with van der Waals surface area (Å²) in [5.74, 6) is 0.720. The molecule has 0 spiro atoms. The van der Waals surface area contributed by atoms with E-state index in [-0.39, 0.29) is 0 Å². The second kappa shape index (κ2) is 13.4. The van der Waals surface area contributed by atoms with Crippen LogP contribution in [0.5, 0.6) is 0 Å². The zero-order chi connectivity index (χ0) is 27.0. The summed E-state index contributed by atoms with van der Waals surface area (Å²) in [5, 5.41) is 10.8. The Balaban J connectivity index is 1.00. The summed E-state index contributed by atoms with van der Waals surface area (Å²) in [7, 11) is 0. The second-order valence-electron chi connectivity index (χ2n) is 11.1. The largest absolute Gasteiger partial charge is 0.329 e. The van der Waals surface area contributed by atoms with Crippen LogP contribution in [0.25, 0.3) is 21.5 Å². The number of benzene rings is 2. The summed E-state index contributed by atoms with van der Waals surface area (Å²) < 4.78 is 2.44. The van der Waals surface area contributed by atoms with Crippen molar-refractivity contribution in [2.75, 3.05) is 26.2 Å². The van der Waals surface area contributed by atoms with Gasteiger partial charge in [-0.3, -0.25) is 0 Å². The number of rotatable bonds is 13. The van der Waals surface area contributed by atoms with Crippen molar-refractivity contribution in [1.29, 1.82) is 0 Å². The molecule has 5 nitrogen and oxygen atoms in total. The zero-order valence-corrected chi connectivity index (χ0v) is 24.0. The highest BCUT2D eigenvalue weighted by Gasteiger charge is 2.28. The average molecular weight is 550 g/mol. The summed E-state index contributed by atoms with van der Waals surface area (Å²) >= 11 is 1.83. The number of hydrogen-bond acceptors (Lipinski definition) is 5. The van der Waals surface area contributed by atoms with Crippen LogP contribution in [-0.2, 0) is 12.8 Å². The van der Waals surface area contributed by atoms with E-state index in [0.29, 0.717) is 6.04 Å². The molecule has 2 unspecified atom stereocenters. The highest BCUT2D eigenvalue weighted by molar-refractivity contribution is 7.13. The van der Waals surface area contributed by atoms with Crippen molar-refractivity contribution in [2.45, 2.75) is 44.6 Å². The van der Waals surface area contributed by atoms with Gasteiger partial charge in [-0.1, -0.05) is 60.7 Å². The topological polar surface area (TPSA) is 54.8 Å². The third-order valence-corrected chi connectivity index (χ3v) is 9.16. The fourth-order valence-corrected chi connectivity index (χ4v) is 6.98. The van der Waals surface area contributed by atoms with Crippen molar-refractivity contribution in [2.24, 2.45) is 5.92 Å². The Morgan fingerprint density at radius 3 is 2.52 bits per heavy atom. The van der Waals surface area contributed by atoms with Gasteiger partial charge in [-0.25, -0.2) is 9.97 Å². The van der Waals surface area contributed by atoms with E-state index in [2.05, 4.69) is 98.5 Å². The Morgan fingerprint density at radius 2 is 1.68 bits per heavy atom. The molecule has 2 N–H and O–H groups in total. The third-order valence-electron chi connectivity index (χ3n) is 8.14. The molecule has 1 aliphatic carbocycles. The second-order valence-corrected chi connectivity index (χ2v) is 12.0. The minimum absolute atomic E-state index is 0.501. The highest BCUT2D eigenvalue weighted by atomic mass is 32.1. The van der Waals surface area contributed by atoms with Crippen LogP contribution in [0.2, 0.25) is 0 Å². The molecule has 6 heteroatoms. The van der Waals surface area contributed by atoms with Crippen molar-refractivity contribution in [3.05, 3.63) is 108 Å². The van der Waals surface area contributed by atoms with Gasteiger partial charge < -0.3 is 15.2 Å². The maximum atomic E-state index is 4.74. The molecule has 0 bridgehead atoms. The lowest BCUT2D eigenvalue weighted by Crippen LogP contribution is -2.26. The molecule has 3 aromatic heterocycles. The lowest BCUT2D eigenvalue weighted by atomic mass is 10.1. The van der Waals surface area contributed by atoms with Crippen molar-refractivity contribution in [3.8, 4) is 10.4 Å². The van der Waals surface area contributed by atoms with Crippen LogP contribution < -0.4 is 10.6 Å². The fraction of sp³-hybridized carbons (Fsp3) is 0.353. The van der Waals surface area contributed by atoms with Crippen LogP contribution in [0, 0.1) is 5.92 Å². The van der Waals surface area contributed by atoms with Crippen LogP contribution in [-0.4, -0.2) is 40.7 Å². The summed E-state index contributed by atoms with van der Waals surface area (Å²) in [4.78, 5) is 10.4. The van der Waals surface area contributed by atoms with E-state index in [1.807, 2.05) is 17.5 Å². The molecule has 2 atom stereocenters. The summed E-state index contributed by atoms with van der Waals surface area (Å²) in [6, 6.07) is 24.3. The first kappa shape index (κ1) is 26.9. The predicted octanol–water partition coefficient (Wildman–Crippen LogP) is 6.90. The van der Waals surface area contributed by atoms with Gasteiger partial charge in [-0.05, 0) is 98.8 Å². The number of hydrogen-bond donors (Lipinski definition) is 2. The fourth-order valence-electron chi connectivity index (χ4n) is 6.04. The van der Waals surface area contributed by atoms with Crippen molar-refractivity contribution < 1.29 is 0 Å². The van der Waals surface area contributed by atoms with Gasteiger partial charge in [0, 0.05) is 34.3 Å². The molecule has 0 aliphatic heterocycles. The molecule has 5 aromatic rings. The minimum Gasteiger partial charge on any atom is -0.329 e. The highest BCUT2D eigenvalue weighted by Crippen LogP contribution is 2.40. The molecule has 0 amide bonds. The van der Waals surface area contributed by atoms with Crippen LogP contribution >= 0.6 is 11.3 Å². The normalized spacial score (nSPS) is 17.1. The molecule has 6 rings (SSSR count). The van der Waals surface area contributed by atoms with E-state index in [1.165, 1.54) is 52.8 Å². The Bertz CT molecular complexity index is 1480. The van der Waals surface area contributed by atoms with Gasteiger partial charge in [-0.15, -0.1) is 11.3 Å². The van der Waals surface area contributed by atoms with E-state index in [0.717, 1.165) is 56.0 Å². The maximum absolute atomic E-state index is 4.74. The third kappa shape index (κ3) is 6.69. The Labute approximate surface area is 241 Å². The van der Waals surface area contributed by atoms with Crippen LogP contribution in [0.3, 0.4) is 0 Å². The Kier molecular flexibility index (Phi) is 8.98. The molecule has 40 heavy (non-hydrogen) atoms. The molecule has 1 fully saturated rings. The van der Waals surface area contributed by atoms with Crippen LogP contribution in [0.1, 0.15) is 48.4 Å². The molecule has 206 valence electrons. The van der Waals surface area contributed by atoms with Gasteiger partial charge in [0.25, 0.3) is 0 Å². The molecule has 0 saturated heterocycles. The number of nitrogens with zero attached hydrogens (tertiary/aromatic N) is 3.